The van der Waals surface area contributed by atoms with E-state index in [-0.39, 0.29) is 11.8 Å². The third-order valence-corrected chi connectivity index (χ3v) is 3.03. The Morgan fingerprint density at radius 2 is 2.11 bits per heavy atom. The van der Waals surface area contributed by atoms with Crippen molar-refractivity contribution in [1.29, 1.82) is 0 Å². The number of rotatable bonds is 6. The van der Waals surface area contributed by atoms with E-state index >= 15 is 0 Å². The molecule has 0 heterocycles. The number of nitrogens with one attached hydrogen (secondary N) is 2. The highest BCUT2D eigenvalue weighted by Gasteiger charge is 2.04. The molecule has 0 aromatic heterocycles. The summed E-state index contributed by atoms with van der Waals surface area (Å²) in [6.45, 7) is 2.43. The molecule has 0 aliphatic rings. The minimum absolute atomic E-state index is 0.278. The van der Waals surface area contributed by atoms with Gasteiger partial charge in [-0.15, -0.1) is 0 Å². The first-order valence-electron chi connectivity index (χ1n) is 6.12. The van der Waals surface area contributed by atoms with Crippen molar-refractivity contribution in [2.45, 2.75) is 25.9 Å². The summed E-state index contributed by atoms with van der Waals surface area (Å²) in [5.74, 6) is -0.278. The van der Waals surface area contributed by atoms with Gasteiger partial charge in [0, 0.05) is 17.6 Å². The van der Waals surface area contributed by atoms with Crippen LogP contribution in [0.4, 0.5) is 9.18 Å². The fourth-order valence-electron chi connectivity index (χ4n) is 1.50. The molecule has 19 heavy (non-hydrogen) atoms. The molecule has 0 saturated heterocycles. The average Bonchev–Trinajstić information content (AvgIpc) is 2.33. The molecule has 106 valence electrons. The number of hydrogen-bond acceptors (Lipinski definition) is 2. The Kier molecular flexibility index (Phi) is 6.80. The molecule has 0 aliphatic heterocycles. The Labute approximate surface area is 120 Å². The Hall–Kier alpha value is -1.14. The van der Waals surface area contributed by atoms with Gasteiger partial charge in [-0.05, 0) is 43.5 Å². The molecule has 1 aromatic carbocycles. The van der Waals surface area contributed by atoms with E-state index < -0.39 is 6.10 Å². The molecule has 3 N–H and O–H groups in total. The second kappa shape index (κ2) is 8.12. The van der Waals surface area contributed by atoms with Crippen LogP contribution in [0.2, 0.25) is 0 Å². The SMILES string of the molecule is CC(O)CCNC(=O)NCCc1cc(Br)ccc1F. The lowest BCUT2D eigenvalue weighted by molar-refractivity contribution is 0.183. The number of aliphatic hydroxyl groups is 1. The summed E-state index contributed by atoms with van der Waals surface area (Å²) in [7, 11) is 0. The van der Waals surface area contributed by atoms with Crippen LogP contribution < -0.4 is 10.6 Å². The van der Waals surface area contributed by atoms with Crippen molar-refractivity contribution in [3.63, 3.8) is 0 Å². The highest BCUT2D eigenvalue weighted by Crippen LogP contribution is 2.15. The maximum atomic E-state index is 13.4. The van der Waals surface area contributed by atoms with E-state index in [2.05, 4.69) is 26.6 Å². The molecule has 2 amide bonds. The number of carbonyl (C=O) groups excluding carboxylic acids is 1. The minimum atomic E-state index is -0.434. The van der Waals surface area contributed by atoms with Gasteiger partial charge in [0.15, 0.2) is 0 Å². The summed E-state index contributed by atoms with van der Waals surface area (Å²) in [4.78, 5) is 11.4. The van der Waals surface area contributed by atoms with Crippen molar-refractivity contribution in [2.75, 3.05) is 13.1 Å². The molecule has 0 bridgehead atoms. The van der Waals surface area contributed by atoms with Crippen molar-refractivity contribution in [3.8, 4) is 0 Å². The summed E-state index contributed by atoms with van der Waals surface area (Å²) in [5.41, 5.74) is 0.554. The molecular formula is C13H18BrFN2O2. The normalized spacial score (nSPS) is 12.0. The van der Waals surface area contributed by atoms with Crippen molar-refractivity contribution in [2.24, 2.45) is 0 Å². The standard InChI is InChI=1S/C13H18BrFN2O2/c1-9(18)4-6-16-13(19)17-7-5-10-8-11(14)2-3-12(10)15/h2-3,8-9,18H,4-7H2,1H3,(H2,16,17,19). The zero-order valence-corrected chi connectivity index (χ0v) is 12.3. The van der Waals surface area contributed by atoms with Crippen LogP contribution in [-0.2, 0) is 6.42 Å². The monoisotopic (exact) mass is 332 g/mol. The fraction of sp³-hybridized carbons (Fsp3) is 0.462. The average molecular weight is 333 g/mol. The smallest absolute Gasteiger partial charge is 0.314 e. The third-order valence-electron chi connectivity index (χ3n) is 2.54. The van der Waals surface area contributed by atoms with Crippen LogP contribution >= 0.6 is 15.9 Å². The van der Waals surface area contributed by atoms with Crippen molar-refractivity contribution < 1.29 is 14.3 Å². The molecule has 1 atom stereocenters. The third kappa shape index (κ3) is 6.54. The molecule has 6 heteroatoms. The van der Waals surface area contributed by atoms with E-state index in [1.54, 1.807) is 19.1 Å². The topological polar surface area (TPSA) is 61.4 Å². The van der Waals surface area contributed by atoms with E-state index in [9.17, 15) is 9.18 Å². The van der Waals surface area contributed by atoms with Crippen LogP contribution in [-0.4, -0.2) is 30.3 Å². The Morgan fingerprint density at radius 1 is 1.42 bits per heavy atom. The van der Waals surface area contributed by atoms with Crippen LogP contribution in [0.5, 0.6) is 0 Å². The molecule has 0 aliphatic carbocycles. The van der Waals surface area contributed by atoms with Gasteiger partial charge in [-0.1, -0.05) is 15.9 Å². The van der Waals surface area contributed by atoms with Crippen LogP contribution in [0.3, 0.4) is 0 Å². The molecule has 0 spiro atoms. The van der Waals surface area contributed by atoms with Crippen molar-refractivity contribution in [3.05, 3.63) is 34.1 Å². The maximum absolute atomic E-state index is 13.4. The number of amides is 2. The van der Waals surface area contributed by atoms with Crippen LogP contribution in [0.25, 0.3) is 0 Å². The van der Waals surface area contributed by atoms with Gasteiger partial charge in [0.05, 0.1) is 6.10 Å². The van der Waals surface area contributed by atoms with E-state index in [1.807, 2.05) is 0 Å². The lowest BCUT2D eigenvalue weighted by Gasteiger charge is -2.09. The van der Waals surface area contributed by atoms with E-state index in [0.29, 0.717) is 31.5 Å². The zero-order valence-electron chi connectivity index (χ0n) is 10.7. The summed E-state index contributed by atoms with van der Waals surface area (Å²) in [6.07, 6.45) is 0.499. The van der Waals surface area contributed by atoms with Gasteiger partial charge in [0.25, 0.3) is 0 Å². The lowest BCUT2D eigenvalue weighted by atomic mass is 10.1. The van der Waals surface area contributed by atoms with E-state index in [4.69, 9.17) is 5.11 Å². The molecule has 1 unspecified atom stereocenters. The lowest BCUT2D eigenvalue weighted by Crippen LogP contribution is -2.37. The molecule has 1 aromatic rings. The van der Waals surface area contributed by atoms with Crippen LogP contribution in [0.1, 0.15) is 18.9 Å². The van der Waals surface area contributed by atoms with Gasteiger partial charge >= 0.3 is 6.03 Å². The van der Waals surface area contributed by atoms with Gasteiger partial charge in [-0.2, -0.15) is 0 Å². The molecule has 0 fully saturated rings. The molecule has 4 nitrogen and oxygen atoms in total. The molecular weight excluding hydrogens is 315 g/mol. The first-order chi connectivity index (χ1) is 8.99. The number of hydrogen-bond donors (Lipinski definition) is 3. The zero-order chi connectivity index (χ0) is 14.3. The van der Waals surface area contributed by atoms with E-state index in [0.717, 1.165) is 4.47 Å². The van der Waals surface area contributed by atoms with Crippen molar-refractivity contribution >= 4 is 22.0 Å². The summed E-state index contributed by atoms with van der Waals surface area (Å²) >= 11 is 3.27. The summed E-state index contributed by atoms with van der Waals surface area (Å²) in [5, 5.41) is 14.3. The predicted octanol–water partition coefficient (Wildman–Crippen LogP) is 2.20. The van der Waals surface area contributed by atoms with E-state index in [1.165, 1.54) is 6.07 Å². The number of carbonyl (C=O) groups is 1. The highest BCUT2D eigenvalue weighted by atomic mass is 79.9. The molecule has 0 saturated carbocycles. The van der Waals surface area contributed by atoms with Crippen molar-refractivity contribution in [1.82, 2.24) is 10.6 Å². The maximum Gasteiger partial charge on any atom is 0.314 e. The number of urea groups is 1. The van der Waals surface area contributed by atoms with Gasteiger partial charge in [0.1, 0.15) is 5.82 Å². The quantitative estimate of drug-likeness (QED) is 0.747. The summed E-state index contributed by atoms with van der Waals surface area (Å²) in [6, 6.07) is 4.41. The number of halogens is 2. The molecule has 1 rings (SSSR count). The second-order valence-electron chi connectivity index (χ2n) is 4.31. The fourth-order valence-corrected chi connectivity index (χ4v) is 1.91. The summed E-state index contributed by atoms with van der Waals surface area (Å²) < 4.78 is 14.2. The number of benzene rings is 1. The number of aliphatic hydroxyl groups excluding tert-OH is 1. The minimum Gasteiger partial charge on any atom is -0.393 e. The Bertz CT molecular complexity index is 427. The van der Waals surface area contributed by atoms with Gasteiger partial charge in [-0.3, -0.25) is 0 Å². The van der Waals surface area contributed by atoms with Crippen LogP contribution in [0.15, 0.2) is 22.7 Å². The van der Waals surface area contributed by atoms with Gasteiger partial charge in [0.2, 0.25) is 0 Å². The first kappa shape index (κ1) is 15.9. The predicted molar refractivity (Wildman–Crippen MR) is 75.5 cm³/mol. The Morgan fingerprint density at radius 3 is 2.79 bits per heavy atom. The second-order valence-corrected chi connectivity index (χ2v) is 5.22. The highest BCUT2D eigenvalue weighted by molar-refractivity contribution is 9.10. The Balaban J connectivity index is 2.26. The van der Waals surface area contributed by atoms with Gasteiger partial charge < -0.3 is 15.7 Å². The molecule has 0 radical (unpaired) electrons. The van der Waals surface area contributed by atoms with Crippen LogP contribution in [0, 0.1) is 5.82 Å². The van der Waals surface area contributed by atoms with Gasteiger partial charge in [-0.25, -0.2) is 9.18 Å². The first-order valence-corrected chi connectivity index (χ1v) is 6.92. The largest absolute Gasteiger partial charge is 0.393 e.